The molecule has 33 heavy (non-hydrogen) atoms. The normalized spacial score (nSPS) is 11.4. The van der Waals surface area contributed by atoms with Crippen LogP contribution < -0.4 is 20.4 Å². The van der Waals surface area contributed by atoms with Crippen molar-refractivity contribution >= 4 is 29.1 Å². The first kappa shape index (κ1) is 22.9. The average Bonchev–Trinajstić information content (AvgIpc) is 2.86. The molecule has 0 atom stereocenters. The quantitative estimate of drug-likeness (QED) is 0.324. The highest BCUT2D eigenvalue weighted by atomic mass is 31.2. The van der Waals surface area contributed by atoms with E-state index in [1.165, 1.54) is 0 Å². The van der Waals surface area contributed by atoms with Crippen molar-refractivity contribution in [3.63, 3.8) is 0 Å². The predicted molar refractivity (Wildman–Crippen MR) is 143 cm³/mol. The van der Waals surface area contributed by atoms with Crippen molar-refractivity contribution in [3.05, 3.63) is 120 Å². The van der Waals surface area contributed by atoms with Gasteiger partial charge < -0.3 is 14.4 Å². The van der Waals surface area contributed by atoms with Crippen molar-refractivity contribution in [1.82, 2.24) is 0 Å². The average molecular weight is 455 g/mol. The van der Waals surface area contributed by atoms with E-state index in [1.54, 1.807) is 0 Å². The summed E-state index contributed by atoms with van der Waals surface area (Å²) in [4.78, 5) is 4.16. The molecule has 0 bridgehead atoms. The smallest absolute Gasteiger partial charge is 0.154 e. The molecular weight excluding hydrogens is 423 g/mol. The molecular formula is C29H31N2OP. The number of hydrogen-bond donors (Lipinski definition) is 0. The Morgan fingerprint density at radius 3 is 1.15 bits per heavy atom. The van der Waals surface area contributed by atoms with Gasteiger partial charge in [0.25, 0.3) is 0 Å². The summed E-state index contributed by atoms with van der Waals surface area (Å²) in [6.45, 7) is 0. The zero-order valence-corrected chi connectivity index (χ0v) is 20.6. The van der Waals surface area contributed by atoms with Crippen LogP contribution in [0.1, 0.15) is 16.8 Å². The van der Waals surface area contributed by atoms with Gasteiger partial charge in [-0.25, -0.2) is 0 Å². The third-order valence-corrected chi connectivity index (χ3v) is 9.55. The lowest BCUT2D eigenvalue weighted by Crippen LogP contribution is -2.22. The number of anilines is 2. The Bertz CT molecular complexity index is 1120. The molecule has 0 aliphatic rings. The lowest BCUT2D eigenvalue weighted by Gasteiger charge is -2.30. The monoisotopic (exact) mass is 454 g/mol. The fraction of sp³-hybridized carbons (Fsp3) is 0.172. The van der Waals surface area contributed by atoms with Gasteiger partial charge >= 0.3 is 0 Å². The molecule has 0 spiro atoms. The van der Waals surface area contributed by atoms with Crippen LogP contribution in [0.3, 0.4) is 0 Å². The van der Waals surface area contributed by atoms with Crippen molar-refractivity contribution in [2.45, 2.75) is 5.66 Å². The Morgan fingerprint density at radius 1 is 0.515 bits per heavy atom. The van der Waals surface area contributed by atoms with E-state index in [1.807, 2.05) is 88.9 Å². The van der Waals surface area contributed by atoms with Crippen LogP contribution in [0.15, 0.2) is 109 Å². The van der Waals surface area contributed by atoms with Gasteiger partial charge in [0.1, 0.15) is 0 Å². The molecule has 0 radical (unpaired) electrons. The molecule has 4 aromatic rings. The van der Waals surface area contributed by atoms with Gasteiger partial charge in [-0.1, -0.05) is 84.9 Å². The van der Waals surface area contributed by atoms with Crippen LogP contribution in [0.25, 0.3) is 0 Å². The summed E-state index contributed by atoms with van der Waals surface area (Å²) in [5.74, 6) is 0. The van der Waals surface area contributed by atoms with Crippen molar-refractivity contribution in [3.8, 4) is 0 Å². The van der Waals surface area contributed by atoms with Gasteiger partial charge in [0.2, 0.25) is 0 Å². The molecule has 3 nitrogen and oxygen atoms in total. The van der Waals surface area contributed by atoms with Crippen molar-refractivity contribution in [2.75, 3.05) is 38.0 Å². The third kappa shape index (κ3) is 4.60. The third-order valence-electron chi connectivity index (χ3n) is 6.09. The maximum Gasteiger partial charge on any atom is 0.154 e. The van der Waals surface area contributed by atoms with E-state index in [0.29, 0.717) is 0 Å². The van der Waals surface area contributed by atoms with E-state index >= 15 is 4.57 Å². The van der Waals surface area contributed by atoms with Gasteiger partial charge in [-0.3, -0.25) is 0 Å². The second-order valence-electron chi connectivity index (χ2n) is 8.70. The van der Waals surface area contributed by atoms with E-state index in [0.717, 1.165) is 33.1 Å². The van der Waals surface area contributed by atoms with Crippen molar-refractivity contribution in [2.24, 2.45) is 0 Å². The Labute approximate surface area is 197 Å². The summed E-state index contributed by atoms with van der Waals surface area (Å²) in [6, 6.07) is 36.8. The number of hydrogen-bond acceptors (Lipinski definition) is 3. The lowest BCUT2D eigenvalue weighted by molar-refractivity contribution is 0.582. The summed E-state index contributed by atoms with van der Waals surface area (Å²) in [5, 5.41) is 1.74. The molecule has 4 heteroatoms. The first-order valence-electron chi connectivity index (χ1n) is 11.2. The first-order valence-corrected chi connectivity index (χ1v) is 12.9. The number of nitrogens with zero attached hydrogens (tertiary/aromatic N) is 2. The fourth-order valence-corrected chi connectivity index (χ4v) is 7.58. The van der Waals surface area contributed by atoms with Crippen LogP contribution >= 0.6 is 7.14 Å². The zero-order valence-electron chi connectivity index (χ0n) is 19.7. The van der Waals surface area contributed by atoms with E-state index in [-0.39, 0.29) is 5.66 Å². The van der Waals surface area contributed by atoms with Crippen molar-refractivity contribution in [1.29, 1.82) is 0 Å². The Balaban J connectivity index is 1.97. The molecule has 0 saturated heterocycles. The molecule has 0 aliphatic carbocycles. The molecule has 4 aromatic carbocycles. The largest absolute Gasteiger partial charge is 0.378 e. The van der Waals surface area contributed by atoms with Crippen LogP contribution in [-0.4, -0.2) is 28.2 Å². The minimum Gasteiger partial charge on any atom is -0.378 e. The number of benzene rings is 4. The molecule has 4 rings (SSSR count). The molecule has 0 aromatic heterocycles. The first-order chi connectivity index (χ1) is 15.9. The molecule has 0 saturated carbocycles. The van der Waals surface area contributed by atoms with Gasteiger partial charge in [-0.2, -0.15) is 0 Å². The van der Waals surface area contributed by atoms with Crippen LogP contribution in [0.4, 0.5) is 11.4 Å². The summed E-state index contributed by atoms with van der Waals surface area (Å²) < 4.78 is 15.3. The van der Waals surface area contributed by atoms with E-state index in [2.05, 4.69) is 58.3 Å². The van der Waals surface area contributed by atoms with Crippen LogP contribution in [-0.2, 0) is 4.57 Å². The van der Waals surface area contributed by atoms with Crippen LogP contribution in [0.5, 0.6) is 0 Å². The minimum atomic E-state index is -3.08. The Morgan fingerprint density at radius 2 is 0.848 bits per heavy atom. The van der Waals surface area contributed by atoms with E-state index in [9.17, 15) is 0 Å². The summed E-state index contributed by atoms with van der Waals surface area (Å²) in [5.41, 5.74) is 4.04. The van der Waals surface area contributed by atoms with Gasteiger partial charge in [-0.05, 0) is 35.4 Å². The Kier molecular flexibility index (Phi) is 6.72. The Hall–Kier alpha value is -3.29. The fourth-order valence-electron chi connectivity index (χ4n) is 4.27. The van der Waals surface area contributed by atoms with Gasteiger partial charge in [0, 0.05) is 50.2 Å². The van der Waals surface area contributed by atoms with Crippen molar-refractivity contribution < 1.29 is 4.57 Å². The second-order valence-corrected chi connectivity index (χ2v) is 11.6. The van der Waals surface area contributed by atoms with E-state index in [4.69, 9.17) is 0 Å². The zero-order chi connectivity index (χ0) is 23.4. The standard InChI is InChI=1S/C29H31N2OP/c1-30(2)25-19-15-23(16-20-25)29(24-17-21-26(22-18-24)31(3)4)33(32,27-11-7-5-8-12-27)28-13-9-6-10-14-28/h5-22,29H,1-4H3. The highest BCUT2D eigenvalue weighted by Gasteiger charge is 2.38. The summed E-state index contributed by atoms with van der Waals surface area (Å²) >= 11 is 0. The molecule has 0 amide bonds. The maximum atomic E-state index is 15.3. The van der Waals surface area contributed by atoms with E-state index < -0.39 is 7.14 Å². The molecule has 0 aliphatic heterocycles. The molecule has 0 fully saturated rings. The second kappa shape index (κ2) is 9.68. The maximum absolute atomic E-state index is 15.3. The predicted octanol–water partition coefficient (Wildman–Crippen LogP) is 5.92. The SMILES string of the molecule is CN(C)c1ccc(C(c2ccc(N(C)C)cc2)P(=O)(c2ccccc2)c2ccccc2)cc1. The van der Waals surface area contributed by atoms with Gasteiger partial charge in [0.05, 0.1) is 5.66 Å². The number of rotatable bonds is 7. The van der Waals surface area contributed by atoms with Gasteiger partial charge in [-0.15, -0.1) is 0 Å². The highest BCUT2D eigenvalue weighted by Crippen LogP contribution is 2.60. The molecule has 0 unspecified atom stereocenters. The molecule has 168 valence electrons. The lowest BCUT2D eigenvalue weighted by atomic mass is 10.0. The molecule has 0 N–H and O–H groups in total. The summed E-state index contributed by atoms with van der Waals surface area (Å²) in [7, 11) is 5.05. The summed E-state index contributed by atoms with van der Waals surface area (Å²) in [6.07, 6.45) is 0. The highest BCUT2D eigenvalue weighted by molar-refractivity contribution is 7.79. The molecule has 0 heterocycles. The van der Waals surface area contributed by atoms with Crippen LogP contribution in [0, 0.1) is 0 Å². The minimum absolute atomic E-state index is 0.297. The van der Waals surface area contributed by atoms with Gasteiger partial charge in [0.15, 0.2) is 7.14 Å². The van der Waals surface area contributed by atoms with Crippen LogP contribution in [0.2, 0.25) is 0 Å². The topological polar surface area (TPSA) is 23.6 Å².